The van der Waals surface area contributed by atoms with Crippen LogP contribution < -0.4 is 0 Å². The van der Waals surface area contributed by atoms with Gasteiger partial charge in [0.15, 0.2) is 0 Å². The molecule has 0 radical (unpaired) electrons. The van der Waals surface area contributed by atoms with E-state index in [9.17, 15) is 18.0 Å². The molecule has 0 bridgehead atoms. The Morgan fingerprint density at radius 1 is 1.38 bits per heavy atom. The van der Waals surface area contributed by atoms with Crippen LogP contribution in [0.15, 0.2) is 29.6 Å². The van der Waals surface area contributed by atoms with Gasteiger partial charge >= 0.3 is 12.1 Å². The van der Waals surface area contributed by atoms with Crippen LogP contribution in [0.3, 0.4) is 0 Å². The Bertz CT molecular complexity index is 701. The number of rotatable bonds is 7. The highest BCUT2D eigenvalue weighted by Crippen LogP contribution is 2.26. The molecule has 130 valence electrons. The van der Waals surface area contributed by atoms with Gasteiger partial charge in [-0.2, -0.15) is 13.2 Å². The van der Waals surface area contributed by atoms with E-state index in [-0.39, 0.29) is 12.1 Å². The second kappa shape index (κ2) is 7.76. The Kier molecular flexibility index (Phi) is 5.95. The monoisotopic (exact) mass is 358 g/mol. The summed E-state index contributed by atoms with van der Waals surface area (Å²) in [6.45, 7) is 1.30. The summed E-state index contributed by atoms with van der Waals surface area (Å²) in [5, 5.41) is 11.3. The van der Waals surface area contributed by atoms with E-state index >= 15 is 0 Å². The summed E-state index contributed by atoms with van der Waals surface area (Å²) in [5.74, 6) is -1.03. The molecule has 0 unspecified atom stereocenters. The quantitative estimate of drug-likeness (QED) is 0.803. The number of carboxylic acid groups (broad SMARTS) is 1. The number of thiazole rings is 1. The predicted molar refractivity (Wildman–Crippen MR) is 86.1 cm³/mol. The number of carboxylic acids is 1. The molecule has 0 saturated carbocycles. The van der Waals surface area contributed by atoms with E-state index in [1.54, 1.807) is 17.5 Å². The number of carbonyl (C=O) groups is 1. The molecule has 0 atom stereocenters. The number of hydrogen-bond acceptors (Lipinski definition) is 4. The van der Waals surface area contributed by atoms with Gasteiger partial charge in [0.05, 0.1) is 17.8 Å². The molecule has 1 N–H and O–H groups in total. The molecule has 0 saturated heterocycles. The first-order valence-corrected chi connectivity index (χ1v) is 8.23. The Hall–Kier alpha value is -1.93. The smallest absolute Gasteiger partial charge is 0.401 e. The van der Waals surface area contributed by atoms with Gasteiger partial charge in [-0.25, -0.2) is 9.78 Å². The molecule has 2 rings (SSSR count). The lowest BCUT2D eigenvalue weighted by atomic mass is 10.1. The molecule has 0 amide bonds. The second-order valence-corrected chi connectivity index (χ2v) is 6.21. The summed E-state index contributed by atoms with van der Waals surface area (Å²) < 4.78 is 37.8. The van der Waals surface area contributed by atoms with Crippen LogP contribution in [0.2, 0.25) is 0 Å². The van der Waals surface area contributed by atoms with Gasteiger partial charge in [0.25, 0.3) is 0 Å². The van der Waals surface area contributed by atoms with Crippen molar-refractivity contribution in [2.24, 2.45) is 0 Å². The average Bonchev–Trinajstić information content (AvgIpc) is 2.94. The SMILES string of the molecule is CCCN(Cc1csc(-c2cccc(C(=O)O)c2)n1)CC(F)(F)F. The summed E-state index contributed by atoms with van der Waals surface area (Å²) in [6.07, 6.45) is -3.63. The molecule has 1 heterocycles. The molecule has 2 aromatic rings. The standard InChI is InChI=1S/C16H17F3N2O2S/c1-2-6-21(10-16(17,18)19)8-13-9-24-14(20-13)11-4-3-5-12(7-11)15(22)23/h3-5,7,9H,2,6,8,10H2,1H3,(H,22,23). The van der Waals surface area contributed by atoms with E-state index in [1.807, 2.05) is 6.92 Å². The molecule has 1 aromatic carbocycles. The summed E-state index contributed by atoms with van der Waals surface area (Å²) in [7, 11) is 0. The van der Waals surface area contributed by atoms with Gasteiger partial charge in [0, 0.05) is 17.5 Å². The van der Waals surface area contributed by atoms with Gasteiger partial charge in [-0.3, -0.25) is 4.90 Å². The molecule has 1 aromatic heterocycles. The minimum atomic E-state index is -4.25. The zero-order valence-electron chi connectivity index (χ0n) is 13.0. The van der Waals surface area contributed by atoms with Crippen molar-refractivity contribution in [3.05, 3.63) is 40.9 Å². The molecular weight excluding hydrogens is 341 g/mol. The third-order valence-corrected chi connectivity index (χ3v) is 4.18. The Labute approximate surface area is 141 Å². The lowest BCUT2D eigenvalue weighted by Crippen LogP contribution is -2.34. The number of halogens is 3. The third-order valence-electron chi connectivity index (χ3n) is 3.24. The van der Waals surface area contributed by atoms with Gasteiger partial charge in [0.1, 0.15) is 5.01 Å². The highest BCUT2D eigenvalue weighted by atomic mass is 32.1. The topological polar surface area (TPSA) is 53.4 Å². The lowest BCUT2D eigenvalue weighted by molar-refractivity contribution is -0.147. The highest BCUT2D eigenvalue weighted by molar-refractivity contribution is 7.13. The predicted octanol–water partition coefficient (Wildman–Crippen LogP) is 4.28. The number of hydrogen-bond donors (Lipinski definition) is 1. The molecule has 0 aliphatic rings. The van der Waals surface area contributed by atoms with Crippen molar-refractivity contribution in [1.29, 1.82) is 0 Å². The zero-order valence-corrected chi connectivity index (χ0v) is 13.8. The molecule has 24 heavy (non-hydrogen) atoms. The van der Waals surface area contributed by atoms with Crippen LogP contribution >= 0.6 is 11.3 Å². The van der Waals surface area contributed by atoms with E-state index in [4.69, 9.17) is 5.11 Å². The van der Waals surface area contributed by atoms with Gasteiger partial charge in [0.2, 0.25) is 0 Å². The minimum Gasteiger partial charge on any atom is -0.478 e. The zero-order chi connectivity index (χ0) is 17.7. The largest absolute Gasteiger partial charge is 0.478 e. The van der Waals surface area contributed by atoms with Crippen LogP contribution in [0.25, 0.3) is 10.6 Å². The number of aromatic nitrogens is 1. The normalized spacial score (nSPS) is 11.9. The summed E-state index contributed by atoms with van der Waals surface area (Å²) in [5.41, 5.74) is 1.34. The first-order chi connectivity index (χ1) is 11.3. The van der Waals surface area contributed by atoms with Crippen LogP contribution in [-0.4, -0.2) is 40.2 Å². The van der Waals surface area contributed by atoms with Crippen molar-refractivity contribution < 1.29 is 23.1 Å². The van der Waals surface area contributed by atoms with E-state index in [0.29, 0.717) is 29.2 Å². The first kappa shape index (κ1) is 18.4. The average molecular weight is 358 g/mol. The number of benzene rings is 1. The minimum absolute atomic E-state index is 0.114. The van der Waals surface area contributed by atoms with Gasteiger partial charge in [-0.1, -0.05) is 19.1 Å². The third kappa shape index (κ3) is 5.31. The molecule has 0 aliphatic heterocycles. The van der Waals surface area contributed by atoms with E-state index in [1.165, 1.54) is 28.4 Å². The van der Waals surface area contributed by atoms with Crippen molar-refractivity contribution in [1.82, 2.24) is 9.88 Å². The van der Waals surface area contributed by atoms with Crippen LogP contribution in [-0.2, 0) is 6.54 Å². The number of nitrogens with zero attached hydrogens (tertiary/aromatic N) is 2. The van der Waals surface area contributed by atoms with Crippen LogP contribution in [0.4, 0.5) is 13.2 Å². The van der Waals surface area contributed by atoms with Gasteiger partial charge in [-0.05, 0) is 25.1 Å². The van der Waals surface area contributed by atoms with Crippen molar-refractivity contribution >= 4 is 17.3 Å². The number of alkyl halides is 3. The van der Waals surface area contributed by atoms with Crippen LogP contribution in [0, 0.1) is 0 Å². The molecule has 0 aliphatic carbocycles. The van der Waals surface area contributed by atoms with Crippen molar-refractivity contribution in [2.75, 3.05) is 13.1 Å². The van der Waals surface area contributed by atoms with Crippen molar-refractivity contribution in [3.8, 4) is 10.6 Å². The fourth-order valence-electron chi connectivity index (χ4n) is 2.31. The second-order valence-electron chi connectivity index (χ2n) is 5.36. The fourth-order valence-corrected chi connectivity index (χ4v) is 3.12. The number of aromatic carboxylic acids is 1. The maximum atomic E-state index is 12.6. The molecule has 4 nitrogen and oxygen atoms in total. The lowest BCUT2D eigenvalue weighted by Gasteiger charge is -2.21. The Balaban J connectivity index is 2.14. The van der Waals surface area contributed by atoms with E-state index < -0.39 is 18.7 Å². The summed E-state index contributed by atoms with van der Waals surface area (Å²) in [4.78, 5) is 16.7. The molecule has 0 spiro atoms. The summed E-state index contributed by atoms with van der Waals surface area (Å²) >= 11 is 1.29. The Morgan fingerprint density at radius 3 is 2.75 bits per heavy atom. The van der Waals surface area contributed by atoms with E-state index in [0.717, 1.165) is 0 Å². The highest BCUT2D eigenvalue weighted by Gasteiger charge is 2.30. The van der Waals surface area contributed by atoms with E-state index in [2.05, 4.69) is 4.98 Å². The van der Waals surface area contributed by atoms with Crippen molar-refractivity contribution in [3.63, 3.8) is 0 Å². The maximum Gasteiger partial charge on any atom is 0.401 e. The maximum absolute atomic E-state index is 12.6. The van der Waals surface area contributed by atoms with Crippen molar-refractivity contribution in [2.45, 2.75) is 26.1 Å². The van der Waals surface area contributed by atoms with Gasteiger partial charge < -0.3 is 5.11 Å². The Morgan fingerprint density at radius 2 is 2.12 bits per heavy atom. The first-order valence-electron chi connectivity index (χ1n) is 7.35. The summed E-state index contributed by atoms with van der Waals surface area (Å²) in [6, 6.07) is 6.33. The van der Waals surface area contributed by atoms with Gasteiger partial charge in [-0.15, -0.1) is 11.3 Å². The van der Waals surface area contributed by atoms with Crippen LogP contribution in [0.5, 0.6) is 0 Å². The molecule has 8 heteroatoms. The molecule has 0 fully saturated rings. The van der Waals surface area contributed by atoms with Crippen LogP contribution in [0.1, 0.15) is 29.4 Å². The fraction of sp³-hybridized carbons (Fsp3) is 0.375. The molecular formula is C16H17F3N2O2S.